The van der Waals surface area contributed by atoms with E-state index >= 15 is 0 Å². The number of likely N-dealkylation sites (tertiary alicyclic amines) is 1. The van der Waals surface area contributed by atoms with Gasteiger partial charge in [0.15, 0.2) is 0 Å². The summed E-state index contributed by atoms with van der Waals surface area (Å²) in [6.45, 7) is 5.02. The molecule has 2 aliphatic rings. The quantitative estimate of drug-likeness (QED) is 0.714. The van der Waals surface area contributed by atoms with Crippen molar-refractivity contribution in [2.75, 3.05) is 26.2 Å². The van der Waals surface area contributed by atoms with Crippen LogP contribution in [0, 0.1) is 0 Å². The van der Waals surface area contributed by atoms with Gasteiger partial charge < -0.3 is 9.47 Å². The predicted octanol–water partition coefficient (Wildman–Crippen LogP) is 4.46. The Balaban J connectivity index is 0.00000225. The molecular formula is C23H26ClNO3. The third-order valence-corrected chi connectivity index (χ3v) is 5.30. The molecule has 0 bridgehead atoms. The first-order chi connectivity index (χ1) is 13.3. The first-order valence-corrected chi connectivity index (χ1v) is 9.66. The Bertz CT molecular complexity index is 818. The van der Waals surface area contributed by atoms with Crippen molar-refractivity contribution in [1.29, 1.82) is 0 Å². The van der Waals surface area contributed by atoms with E-state index in [9.17, 15) is 4.79 Å². The molecule has 0 aliphatic carbocycles. The molecule has 0 spiro atoms. The van der Waals surface area contributed by atoms with Crippen LogP contribution >= 0.6 is 12.4 Å². The zero-order chi connectivity index (χ0) is 18.6. The molecule has 2 heterocycles. The van der Waals surface area contributed by atoms with Crippen LogP contribution in [0.2, 0.25) is 0 Å². The molecule has 148 valence electrons. The number of para-hydroxylation sites is 1. The lowest BCUT2D eigenvalue weighted by Gasteiger charge is -2.29. The maximum Gasteiger partial charge on any atom is 0.320 e. The van der Waals surface area contributed by atoms with E-state index in [1.807, 2.05) is 13.0 Å². The van der Waals surface area contributed by atoms with Gasteiger partial charge in [-0.3, -0.25) is 9.69 Å². The molecule has 0 aromatic heterocycles. The molecule has 1 fully saturated rings. The van der Waals surface area contributed by atoms with Crippen LogP contribution in [0.4, 0.5) is 0 Å². The van der Waals surface area contributed by atoms with Gasteiger partial charge in [0.2, 0.25) is 0 Å². The molecule has 0 radical (unpaired) electrons. The Morgan fingerprint density at radius 2 is 1.71 bits per heavy atom. The van der Waals surface area contributed by atoms with Gasteiger partial charge in [-0.05, 0) is 42.5 Å². The van der Waals surface area contributed by atoms with E-state index in [-0.39, 0.29) is 18.4 Å². The van der Waals surface area contributed by atoms with Crippen LogP contribution < -0.4 is 4.74 Å². The minimum Gasteiger partial charge on any atom is -0.488 e. The van der Waals surface area contributed by atoms with Crippen LogP contribution in [0.1, 0.15) is 36.5 Å². The summed E-state index contributed by atoms with van der Waals surface area (Å²) in [4.78, 5) is 14.0. The SMILES string of the molecule is CCOC(=O)CN1CCC(=C2c3ccccc3COc3ccccc32)CC1.Cl. The summed E-state index contributed by atoms with van der Waals surface area (Å²) < 4.78 is 11.2. The minimum atomic E-state index is -0.132. The van der Waals surface area contributed by atoms with Crippen molar-refractivity contribution in [3.05, 3.63) is 70.8 Å². The second-order valence-corrected chi connectivity index (χ2v) is 7.00. The fourth-order valence-electron chi connectivity index (χ4n) is 3.99. The second-order valence-electron chi connectivity index (χ2n) is 7.00. The Labute approximate surface area is 172 Å². The topological polar surface area (TPSA) is 38.8 Å². The molecule has 4 rings (SSSR count). The van der Waals surface area contributed by atoms with Gasteiger partial charge in [-0.15, -0.1) is 12.4 Å². The number of hydrogen-bond donors (Lipinski definition) is 0. The number of carbonyl (C=O) groups is 1. The number of benzene rings is 2. The van der Waals surface area contributed by atoms with Crippen molar-refractivity contribution >= 4 is 23.9 Å². The third-order valence-electron chi connectivity index (χ3n) is 5.30. The number of rotatable bonds is 3. The molecule has 28 heavy (non-hydrogen) atoms. The van der Waals surface area contributed by atoms with Crippen LogP contribution in [0.5, 0.6) is 5.75 Å². The Kier molecular flexibility index (Phi) is 6.76. The molecule has 4 nitrogen and oxygen atoms in total. The van der Waals surface area contributed by atoms with Gasteiger partial charge in [0, 0.05) is 18.7 Å². The fourth-order valence-corrected chi connectivity index (χ4v) is 3.99. The second kappa shape index (κ2) is 9.26. The van der Waals surface area contributed by atoms with Crippen molar-refractivity contribution in [3.63, 3.8) is 0 Å². The lowest BCUT2D eigenvalue weighted by molar-refractivity contribution is -0.144. The smallest absolute Gasteiger partial charge is 0.320 e. The largest absolute Gasteiger partial charge is 0.488 e. The van der Waals surface area contributed by atoms with Crippen LogP contribution in [-0.4, -0.2) is 37.1 Å². The number of fused-ring (bicyclic) bond motifs is 2. The first kappa shape index (κ1) is 20.4. The fraction of sp³-hybridized carbons (Fsp3) is 0.348. The van der Waals surface area contributed by atoms with E-state index in [1.165, 1.54) is 27.8 Å². The summed E-state index contributed by atoms with van der Waals surface area (Å²) in [5.41, 5.74) is 6.44. The lowest BCUT2D eigenvalue weighted by atomic mass is 9.86. The number of carbonyl (C=O) groups excluding carboxylic acids is 1. The number of esters is 1. The Hall–Kier alpha value is -2.30. The number of ether oxygens (including phenoxy) is 2. The van der Waals surface area contributed by atoms with E-state index in [4.69, 9.17) is 9.47 Å². The maximum absolute atomic E-state index is 11.8. The highest BCUT2D eigenvalue weighted by Crippen LogP contribution is 2.40. The number of nitrogens with zero attached hydrogens (tertiary/aromatic N) is 1. The molecule has 2 aliphatic heterocycles. The average molecular weight is 400 g/mol. The van der Waals surface area contributed by atoms with Gasteiger partial charge in [0.25, 0.3) is 0 Å². The van der Waals surface area contributed by atoms with E-state index in [2.05, 4.69) is 47.4 Å². The van der Waals surface area contributed by atoms with E-state index in [0.717, 1.165) is 31.7 Å². The van der Waals surface area contributed by atoms with Crippen LogP contribution in [0.3, 0.4) is 0 Å². The Morgan fingerprint density at radius 3 is 2.46 bits per heavy atom. The molecule has 5 heteroatoms. The van der Waals surface area contributed by atoms with Crippen LogP contribution in [-0.2, 0) is 16.1 Å². The van der Waals surface area contributed by atoms with Crippen molar-refractivity contribution in [2.45, 2.75) is 26.4 Å². The highest BCUT2D eigenvalue weighted by atomic mass is 35.5. The van der Waals surface area contributed by atoms with Gasteiger partial charge in [-0.25, -0.2) is 0 Å². The summed E-state index contributed by atoms with van der Waals surface area (Å²) >= 11 is 0. The molecule has 0 N–H and O–H groups in total. The molecule has 0 atom stereocenters. The molecular weight excluding hydrogens is 374 g/mol. The summed E-state index contributed by atoms with van der Waals surface area (Å²) in [5.74, 6) is 0.817. The van der Waals surface area contributed by atoms with Gasteiger partial charge in [-0.1, -0.05) is 48.0 Å². The molecule has 0 saturated carbocycles. The first-order valence-electron chi connectivity index (χ1n) is 9.66. The monoisotopic (exact) mass is 399 g/mol. The Morgan fingerprint density at radius 1 is 1.04 bits per heavy atom. The summed E-state index contributed by atoms with van der Waals surface area (Å²) in [6.07, 6.45) is 1.91. The standard InChI is InChI=1S/C23H25NO3.ClH/c1-2-26-22(25)15-24-13-11-17(12-14-24)23-19-8-4-3-7-18(19)16-27-21-10-6-5-9-20(21)23;/h3-10H,2,11-16H2,1H3;1H. The van der Waals surface area contributed by atoms with E-state index in [1.54, 1.807) is 0 Å². The molecule has 0 amide bonds. The van der Waals surface area contributed by atoms with Crippen molar-refractivity contribution in [1.82, 2.24) is 4.90 Å². The van der Waals surface area contributed by atoms with Crippen molar-refractivity contribution in [3.8, 4) is 5.75 Å². The minimum absolute atomic E-state index is 0. The van der Waals surface area contributed by atoms with E-state index < -0.39 is 0 Å². The lowest BCUT2D eigenvalue weighted by Crippen LogP contribution is -2.36. The zero-order valence-corrected chi connectivity index (χ0v) is 17.0. The molecule has 1 saturated heterocycles. The van der Waals surface area contributed by atoms with Crippen LogP contribution in [0.15, 0.2) is 54.1 Å². The predicted molar refractivity (Wildman–Crippen MR) is 113 cm³/mol. The molecule has 0 unspecified atom stereocenters. The summed E-state index contributed by atoms with van der Waals surface area (Å²) in [5, 5.41) is 0. The normalized spacial score (nSPS) is 16.2. The molecule has 2 aromatic rings. The van der Waals surface area contributed by atoms with Gasteiger partial charge >= 0.3 is 5.97 Å². The maximum atomic E-state index is 11.8. The van der Waals surface area contributed by atoms with Gasteiger partial charge in [0.05, 0.1) is 13.2 Å². The zero-order valence-electron chi connectivity index (χ0n) is 16.1. The average Bonchev–Trinajstić information content (AvgIpc) is 2.86. The highest BCUT2D eigenvalue weighted by Gasteiger charge is 2.25. The number of halogens is 1. The van der Waals surface area contributed by atoms with E-state index in [0.29, 0.717) is 19.8 Å². The number of hydrogen-bond acceptors (Lipinski definition) is 4. The molecule has 2 aromatic carbocycles. The van der Waals surface area contributed by atoms with Crippen molar-refractivity contribution < 1.29 is 14.3 Å². The van der Waals surface area contributed by atoms with Gasteiger partial charge in [-0.2, -0.15) is 0 Å². The van der Waals surface area contributed by atoms with Gasteiger partial charge in [0.1, 0.15) is 12.4 Å². The highest BCUT2D eigenvalue weighted by molar-refractivity contribution is 5.87. The summed E-state index contributed by atoms with van der Waals surface area (Å²) in [7, 11) is 0. The van der Waals surface area contributed by atoms with Crippen molar-refractivity contribution in [2.24, 2.45) is 0 Å². The number of piperidine rings is 1. The summed E-state index contributed by atoms with van der Waals surface area (Å²) in [6, 6.07) is 16.8. The third kappa shape index (κ3) is 4.23. The van der Waals surface area contributed by atoms with Crippen LogP contribution in [0.25, 0.3) is 5.57 Å².